The van der Waals surface area contributed by atoms with E-state index in [1.807, 2.05) is 0 Å². The van der Waals surface area contributed by atoms with Crippen LogP contribution in [0.5, 0.6) is 0 Å². The summed E-state index contributed by atoms with van der Waals surface area (Å²) in [5, 5.41) is 0. The zero-order valence-electron chi connectivity index (χ0n) is 10.7. The van der Waals surface area contributed by atoms with E-state index in [-0.39, 0.29) is 0 Å². The van der Waals surface area contributed by atoms with Crippen LogP contribution in [0.1, 0.15) is 45.6 Å². The highest BCUT2D eigenvalue weighted by Crippen LogP contribution is 2.66. The minimum atomic E-state index is 0.400. The first-order valence-corrected chi connectivity index (χ1v) is 6.62. The van der Waals surface area contributed by atoms with E-state index in [1.165, 1.54) is 19.3 Å². The first-order valence-electron chi connectivity index (χ1n) is 6.62. The van der Waals surface area contributed by atoms with Crippen molar-refractivity contribution in [1.82, 2.24) is 0 Å². The van der Waals surface area contributed by atoms with Gasteiger partial charge in [0, 0.05) is 5.41 Å². The van der Waals surface area contributed by atoms with E-state index in [4.69, 9.17) is 0 Å². The molecular weight excluding hydrogens is 192 g/mol. The van der Waals surface area contributed by atoms with Crippen LogP contribution in [-0.4, -0.2) is 0 Å². The summed E-state index contributed by atoms with van der Waals surface area (Å²) >= 11 is 0. The van der Waals surface area contributed by atoms with Crippen molar-refractivity contribution in [3.05, 3.63) is 35.9 Å². The van der Waals surface area contributed by atoms with Gasteiger partial charge in [0.2, 0.25) is 0 Å². The minimum Gasteiger partial charge on any atom is -0.0622 e. The molecule has 1 aromatic carbocycles. The molecule has 0 aliphatic heterocycles. The second-order valence-corrected chi connectivity index (χ2v) is 6.50. The molecule has 2 aliphatic rings. The lowest BCUT2D eigenvalue weighted by Crippen LogP contribution is -2.44. The Labute approximate surface area is 99.1 Å². The van der Waals surface area contributed by atoms with Gasteiger partial charge in [-0.3, -0.25) is 0 Å². The summed E-state index contributed by atoms with van der Waals surface area (Å²) in [6, 6.07) is 11.2. The first-order chi connectivity index (χ1) is 7.57. The summed E-state index contributed by atoms with van der Waals surface area (Å²) in [6.07, 6.45) is 4.36. The highest BCUT2D eigenvalue weighted by Gasteiger charge is 2.60. The molecule has 1 aromatic rings. The summed E-state index contributed by atoms with van der Waals surface area (Å²) < 4.78 is 0. The lowest BCUT2D eigenvalue weighted by Gasteiger charge is -2.48. The Kier molecular flexibility index (Phi) is 2.02. The molecule has 0 radical (unpaired) electrons. The van der Waals surface area contributed by atoms with Crippen LogP contribution >= 0.6 is 0 Å². The molecule has 2 fully saturated rings. The van der Waals surface area contributed by atoms with Crippen LogP contribution in [0.15, 0.2) is 30.3 Å². The van der Waals surface area contributed by atoms with E-state index in [1.54, 1.807) is 5.56 Å². The van der Waals surface area contributed by atoms with Gasteiger partial charge in [-0.25, -0.2) is 0 Å². The van der Waals surface area contributed by atoms with E-state index < -0.39 is 0 Å². The molecule has 2 bridgehead atoms. The van der Waals surface area contributed by atoms with Gasteiger partial charge in [0.25, 0.3) is 0 Å². The Morgan fingerprint density at radius 1 is 0.938 bits per heavy atom. The van der Waals surface area contributed by atoms with Gasteiger partial charge in [0.05, 0.1) is 0 Å². The van der Waals surface area contributed by atoms with E-state index in [0.717, 1.165) is 11.8 Å². The molecule has 2 saturated carbocycles. The molecular formula is C16H22. The fourth-order valence-electron chi connectivity index (χ4n) is 4.50. The van der Waals surface area contributed by atoms with Crippen LogP contribution in [0.2, 0.25) is 0 Å². The Morgan fingerprint density at radius 2 is 1.56 bits per heavy atom. The molecule has 0 unspecified atom stereocenters. The first kappa shape index (κ1) is 10.4. The third-order valence-electron chi connectivity index (χ3n) is 5.98. The van der Waals surface area contributed by atoms with Crippen LogP contribution in [0.25, 0.3) is 0 Å². The summed E-state index contributed by atoms with van der Waals surface area (Å²) in [5.41, 5.74) is 2.43. The summed E-state index contributed by atoms with van der Waals surface area (Å²) in [4.78, 5) is 0. The van der Waals surface area contributed by atoms with Crippen molar-refractivity contribution < 1.29 is 0 Å². The normalized spacial score (nSPS) is 40.2. The zero-order valence-corrected chi connectivity index (χ0v) is 10.7. The fraction of sp³-hybridized carbons (Fsp3) is 0.625. The zero-order chi connectivity index (χ0) is 11.4. The standard InChI is InChI=1S/C16H22/c1-15(2)13-9-10-14(11-13)16(15,3)12-7-5-4-6-8-12/h4-8,13-14H,9-11H2,1-3H3/t13-,14+,16+/m0/s1. The van der Waals surface area contributed by atoms with Gasteiger partial charge in [-0.2, -0.15) is 0 Å². The van der Waals surface area contributed by atoms with E-state index in [2.05, 4.69) is 51.1 Å². The van der Waals surface area contributed by atoms with Gasteiger partial charge in [-0.05, 0) is 42.1 Å². The maximum absolute atomic E-state index is 2.51. The van der Waals surface area contributed by atoms with Gasteiger partial charge < -0.3 is 0 Å². The third kappa shape index (κ3) is 1.06. The molecule has 0 heteroatoms. The number of benzene rings is 1. The van der Waals surface area contributed by atoms with Crippen LogP contribution in [-0.2, 0) is 5.41 Å². The quantitative estimate of drug-likeness (QED) is 0.650. The molecule has 0 N–H and O–H groups in total. The third-order valence-corrected chi connectivity index (χ3v) is 5.98. The summed E-state index contributed by atoms with van der Waals surface area (Å²) in [6.45, 7) is 7.49. The maximum atomic E-state index is 2.51. The average Bonchev–Trinajstić information content (AvgIpc) is 2.84. The van der Waals surface area contributed by atoms with Crippen molar-refractivity contribution in [2.45, 2.75) is 45.4 Å². The van der Waals surface area contributed by atoms with Gasteiger partial charge in [0.15, 0.2) is 0 Å². The number of rotatable bonds is 1. The molecule has 16 heavy (non-hydrogen) atoms. The van der Waals surface area contributed by atoms with E-state index >= 15 is 0 Å². The Hall–Kier alpha value is -0.780. The SMILES string of the molecule is CC1(C)[C@H]2CC[C@H](C2)[C@@]1(C)c1ccccc1. The lowest BCUT2D eigenvalue weighted by atomic mass is 9.56. The summed E-state index contributed by atoms with van der Waals surface area (Å²) in [5.74, 6) is 1.86. The minimum absolute atomic E-state index is 0.400. The van der Waals surface area contributed by atoms with Gasteiger partial charge >= 0.3 is 0 Å². The number of hydrogen-bond acceptors (Lipinski definition) is 0. The lowest BCUT2D eigenvalue weighted by molar-refractivity contribution is 0.0950. The van der Waals surface area contributed by atoms with Crippen molar-refractivity contribution in [2.24, 2.45) is 17.3 Å². The summed E-state index contributed by atoms with van der Waals surface area (Å²) in [7, 11) is 0. The van der Waals surface area contributed by atoms with Crippen molar-refractivity contribution in [1.29, 1.82) is 0 Å². The predicted molar refractivity (Wildman–Crippen MR) is 68.4 cm³/mol. The molecule has 0 saturated heterocycles. The van der Waals surface area contributed by atoms with Crippen molar-refractivity contribution in [3.8, 4) is 0 Å². The number of fused-ring (bicyclic) bond motifs is 2. The molecule has 0 amide bonds. The smallest absolute Gasteiger partial charge is 0.000679 e. The van der Waals surface area contributed by atoms with Crippen molar-refractivity contribution in [2.75, 3.05) is 0 Å². The Balaban J connectivity index is 2.11. The Bertz CT molecular complexity index is 390. The van der Waals surface area contributed by atoms with Gasteiger partial charge in [-0.1, -0.05) is 51.1 Å². The number of hydrogen-bond donors (Lipinski definition) is 0. The van der Waals surface area contributed by atoms with Crippen LogP contribution < -0.4 is 0 Å². The van der Waals surface area contributed by atoms with Gasteiger partial charge in [0.1, 0.15) is 0 Å². The monoisotopic (exact) mass is 214 g/mol. The second kappa shape index (κ2) is 3.12. The van der Waals surface area contributed by atoms with E-state index in [0.29, 0.717) is 10.8 Å². The van der Waals surface area contributed by atoms with E-state index in [9.17, 15) is 0 Å². The fourth-order valence-corrected chi connectivity index (χ4v) is 4.50. The highest BCUT2D eigenvalue weighted by atomic mass is 14.6. The average molecular weight is 214 g/mol. The molecule has 86 valence electrons. The predicted octanol–water partition coefficient (Wildman–Crippen LogP) is 4.40. The second-order valence-electron chi connectivity index (χ2n) is 6.50. The molecule has 3 atom stereocenters. The Morgan fingerprint density at radius 3 is 2.12 bits per heavy atom. The topological polar surface area (TPSA) is 0 Å². The molecule has 0 nitrogen and oxygen atoms in total. The highest BCUT2D eigenvalue weighted by molar-refractivity contribution is 5.32. The maximum Gasteiger partial charge on any atom is 0.000679 e. The molecule has 0 heterocycles. The van der Waals surface area contributed by atoms with Crippen LogP contribution in [0.4, 0.5) is 0 Å². The molecule has 0 aromatic heterocycles. The molecule has 0 spiro atoms. The van der Waals surface area contributed by atoms with Crippen LogP contribution in [0, 0.1) is 17.3 Å². The largest absolute Gasteiger partial charge is 0.0622 e. The van der Waals surface area contributed by atoms with Crippen molar-refractivity contribution >= 4 is 0 Å². The van der Waals surface area contributed by atoms with Crippen LogP contribution in [0.3, 0.4) is 0 Å². The molecule has 2 aliphatic carbocycles. The molecule has 3 rings (SSSR count). The van der Waals surface area contributed by atoms with Crippen molar-refractivity contribution in [3.63, 3.8) is 0 Å². The van der Waals surface area contributed by atoms with Gasteiger partial charge in [-0.15, -0.1) is 0 Å².